The van der Waals surface area contributed by atoms with E-state index in [2.05, 4.69) is 5.32 Å². The summed E-state index contributed by atoms with van der Waals surface area (Å²) >= 11 is 0. The predicted molar refractivity (Wildman–Crippen MR) is 64.3 cm³/mol. The van der Waals surface area contributed by atoms with Crippen LogP contribution in [0.1, 0.15) is 10.4 Å². The lowest BCUT2D eigenvalue weighted by atomic mass is 10.0. The number of ether oxygens (including phenoxy) is 1. The maximum absolute atomic E-state index is 11.9. The molecule has 1 aromatic rings. The number of rotatable bonds is 3. The second-order valence-electron chi connectivity index (χ2n) is 4.18. The highest BCUT2D eigenvalue weighted by molar-refractivity contribution is 5.94. The molecule has 0 spiro atoms. The topological polar surface area (TPSA) is 102 Å². The summed E-state index contributed by atoms with van der Waals surface area (Å²) in [7, 11) is 0. The van der Waals surface area contributed by atoms with Crippen LogP contribution in [-0.2, 0) is 9.53 Å². The Morgan fingerprint density at radius 2 is 1.94 bits per heavy atom. The van der Waals surface area contributed by atoms with Crippen molar-refractivity contribution in [3.8, 4) is 0 Å². The van der Waals surface area contributed by atoms with Crippen LogP contribution >= 0.6 is 0 Å². The second-order valence-corrected chi connectivity index (χ2v) is 4.18. The third-order valence-electron chi connectivity index (χ3n) is 2.86. The van der Waals surface area contributed by atoms with E-state index in [1.165, 1.54) is 12.1 Å². The van der Waals surface area contributed by atoms with E-state index in [0.717, 1.165) is 0 Å². The van der Waals surface area contributed by atoms with Crippen LogP contribution in [-0.4, -0.2) is 36.2 Å². The number of nitrogens with one attached hydrogen (secondary N) is 1. The fourth-order valence-electron chi connectivity index (χ4n) is 1.77. The first-order valence-electron chi connectivity index (χ1n) is 5.55. The van der Waals surface area contributed by atoms with E-state index < -0.39 is 5.97 Å². The zero-order valence-electron chi connectivity index (χ0n) is 9.63. The van der Waals surface area contributed by atoms with Crippen molar-refractivity contribution in [2.75, 3.05) is 18.5 Å². The maximum atomic E-state index is 11.9. The highest BCUT2D eigenvalue weighted by Crippen LogP contribution is 2.16. The molecule has 1 saturated heterocycles. The summed E-state index contributed by atoms with van der Waals surface area (Å²) in [6.45, 7) is 0.705. The number of nitrogens with two attached hydrogens (primary N) is 1. The Hall–Kier alpha value is -1.92. The van der Waals surface area contributed by atoms with Gasteiger partial charge in [0, 0.05) is 11.7 Å². The van der Waals surface area contributed by atoms with Crippen molar-refractivity contribution in [3.05, 3.63) is 29.8 Å². The van der Waals surface area contributed by atoms with Crippen LogP contribution in [0.25, 0.3) is 0 Å². The molecule has 96 valence electrons. The first kappa shape index (κ1) is 12.5. The quantitative estimate of drug-likeness (QED) is 0.716. The molecule has 1 aromatic carbocycles. The van der Waals surface area contributed by atoms with Gasteiger partial charge >= 0.3 is 5.97 Å². The molecule has 0 aliphatic carbocycles. The first-order valence-corrected chi connectivity index (χ1v) is 5.55. The van der Waals surface area contributed by atoms with Crippen LogP contribution in [0.3, 0.4) is 0 Å². The van der Waals surface area contributed by atoms with Crippen molar-refractivity contribution in [2.24, 2.45) is 11.7 Å². The van der Waals surface area contributed by atoms with E-state index in [0.29, 0.717) is 18.9 Å². The van der Waals surface area contributed by atoms with Gasteiger partial charge in [0.25, 0.3) is 0 Å². The Morgan fingerprint density at radius 1 is 1.28 bits per heavy atom. The summed E-state index contributed by atoms with van der Waals surface area (Å²) < 4.78 is 5.12. The Labute approximate surface area is 104 Å². The summed E-state index contributed by atoms with van der Waals surface area (Å²) in [6, 6.07) is 5.67. The van der Waals surface area contributed by atoms with E-state index >= 15 is 0 Å². The zero-order valence-corrected chi connectivity index (χ0v) is 9.63. The van der Waals surface area contributed by atoms with Crippen LogP contribution in [0.5, 0.6) is 0 Å². The highest BCUT2D eigenvalue weighted by Gasteiger charge is 2.31. The van der Waals surface area contributed by atoms with Gasteiger partial charge in [0.2, 0.25) is 5.91 Å². The molecule has 1 heterocycles. The molecule has 4 N–H and O–H groups in total. The fourth-order valence-corrected chi connectivity index (χ4v) is 1.77. The number of hydrogen-bond donors (Lipinski definition) is 3. The average molecular weight is 250 g/mol. The molecular weight excluding hydrogens is 236 g/mol. The normalized spacial score (nSPS) is 22.7. The van der Waals surface area contributed by atoms with Gasteiger partial charge in [-0.05, 0) is 24.3 Å². The lowest BCUT2D eigenvalue weighted by Crippen LogP contribution is -2.37. The average Bonchev–Trinajstić information content (AvgIpc) is 2.76. The monoisotopic (exact) mass is 250 g/mol. The molecule has 0 radical (unpaired) electrons. The Bertz CT molecular complexity index is 458. The number of carbonyl (C=O) groups excluding carboxylic acids is 1. The van der Waals surface area contributed by atoms with Crippen molar-refractivity contribution in [1.29, 1.82) is 0 Å². The van der Waals surface area contributed by atoms with Crippen LogP contribution in [0.2, 0.25) is 0 Å². The van der Waals surface area contributed by atoms with Gasteiger partial charge in [0.15, 0.2) is 0 Å². The number of aromatic carboxylic acids is 1. The smallest absolute Gasteiger partial charge is 0.335 e. The van der Waals surface area contributed by atoms with E-state index in [9.17, 15) is 9.59 Å². The molecule has 1 aliphatic rings. The highest BCUT2D eigenvalue weighted by atomic mass is 16.5. The first-order chi connectivity index (χ1) is 8.58. The van der Waals surface area contributed by atoms with Gasteiger partial charge in [-0.1, -0.05) is 0 Å². The fraction of sp³-hybridized carbons (Fsp3) is 0.333. The molecule has 1 fully saturated rings. The summed E-state index contributed by atoms with van der Waals surface area (Å²) in [5.41, 5.74) is 6.45. The van der Waals surface area contributed by atoms with Crippen molar-refractivity contribution in [2.45, 2.75) is 6.04 Å². The van der Waals surface area contributed by atoms with Gasteiger partial charge in [-0.2, -0.15) is 0 Å². The van der Waals surface area contributed by atoms with E-state index in [1.54, 1.807) is 12.1 Å². The molecule has 6 heteroatoms. The van der Waals surface area contributed by atoms with Gasteiger partial charge in [-0.15, -0.1) is 0 Å². The number of carboxylic acid groups (broad SMARTS) is 1. The summed E-state index contributed by atoms with van der Waals surface area (Å²) in [4.78, 5) is 22.5. The standard InChI is InChI=1S/C12H14N2O4/c13-10-6-18-5-9(10)11(15)14-8-3-1-7(2-4-8)12(16)17/h1-4,9-10H,5-6,13H2,(H,14,15)(H,16,17). The van der Waals surface area contributed by atoms with E-state index in [-0.39, 0.29) is 23.4 Å². The van der Waals surface area contributed by atoms with Gasteiger partial charge in [0.1, 0.15) is 0 Å². The minimum atomic E-state index is -1.00. The summed E-state index contributed by atoms with van der Waals surface area (Å²) in [6.07, 6.45) is 0. The minimum absolute atomic E-state index is 0.175. The van der Waals surface area contributed by atoms with Crippen LogP contribution in [0.4, 0.5) is 5.69 Å². The molecule has 2 unspecified atom stereocenters. The summed E-state index contributed by atoms with van der Waals surface area (Å²) in [5, 5.41) is 11.4. The van der Waals surface area contributed by atoms with E-state index in [4.69, 9.17) is 15.6 Å². The lowest BCUT2D eigenvalue weighted by molar-refractivity contribution is -0.120. The molecule has 2 atom stereocenters. The molecular formula is C12H14N2O4. The minimum Gasteiger partial charge on any atom is -0.478 e. The number of amides is 1. The Morgan fingerprint density at radius 3 is 2.44 bits per heavy atom. The molecule has 1 aliphatic heterocycles. The Kier molecular flexibility index (Phi) is 3.59. The molecule has 0 bridgehead atoms. The van der Waals surface area contributed by atoms with Crippen molar-refractivity contribution in [1.82, 2.24) is 0 Å². The number of carbonyl (C=O) groups is 2. The SMILES string of the molecule is NC1COCC1C(=O)Nc1ccc(C(=O)O)cc1. The zero-order chi connectivity index (χ0) is 13.1. The van der Waals surface area contributed by atoms with Crippen LogP contribution in [0.15, 0.2) is 24.3 Å². The molecule has 1 amide bonds. The van der Waals surface area contributed by atoms with Crippen LogP contribution < -0.4 is 11.1 Å². The van der Waals surface area contributed by atoms with Gasteiger partial charge in [-0.25, -0.2) is 4.79 Å². The second kappa shape index (κ2) is 5.16. The van der Waals surface area contributed by atoms with Crippen molar-refractivity contribution in [3.63, 3.8) is 0 Å². The van der Waals surface area contributed by atoms with E-state index in [1.807, 2.05) is 0 Å². The van der Waals surface area contributed by atoms with Crippen molar-refractivity contribution < 1.29 is 19.4 Å². The number of anilines is 1. The van der Waals surface area contributed by atoms with Gasteiger partial charge < -0.3 is 20.9 Å². The number of hydrogen-bond acceptors (Lipinski definition) is 4. The third-order valence-corrected chi connectivity index (χ3v) is 2.86. The molecule has 0 aromatic heterocycles. The number of benzene rings is 1. The molecule has 6 nitrogen and oxygen atoms in total. The third kappa shape index (κ3) is 2.66. The molecule has 0 saturated carbocycles. The molecule has 18 heavy (non-hydrogen) atoms. The maximum Gasteiger partial charge on any atom is 0.335 e. The number of carboxylic acids is 1. The van der Waals surface area contributed by atoms with Crippen molar-refractivity contribution >= 4 is 17.6 Å². The molecule has 2 rings (SSSR count). The largest absolute Gasteiger partial charge is 0.478 e. The predicted octanol–water partition coefficient (Wildman–Crippen LogP) is 0.297. The summed E-state index contributed by atoms with van der Waals surface area (Å²) in [5.74, 6) is -1.56. The van der Waals surface area contributed by atoms with Gasteiger partial charge in [-0.3, -0.25) is 4.79 Å². The Balaban J connectivity index is 2.00. The van der Waals surface area contributed by atoms with Crippen LogP contribution in [0, 0.1) is 5.92 Å². The lowest BCUT2D eigenvalue weighted by Gasteiger charge is -2.13. The van der Waals surface area contributed by atoms with Gasteiger partial charge in [0.05, 0.1) is 24.7 Å².